The lowest BCUT2D eigenvalue weighted by molar-refractivity contribution is -0.161. The normalized spacial score (nSPS) is 23.8. The molecule has 1 aliphatic carbocycles. The maximum Gasteiger partial charge on any atom is 0.163 e. The number of aliphatic hydroxyl groups is 1. The molecule has 1 saturated carbocycles. The first-order valence-corrected chi connectivity index (χ1v) is 6.75. The topological polar surface area (TPSA) is 88.5 Å². The maximum atomic E-state index is 12.3. The van der Waals surface area contributed by atoms with Crippen molar-refractivity contribution in [1.82, 2.24) is 0 Å². The predicted octanol–water partition coefficient (Wildman–Crippen LogP) is 0.964. The van der Waals surface area contributed by atoms with Gasteiger partial charge < -0.3 is 5.11 Å². The molecule has 20 heavy (non-hydrogen) atoms. The molecule has 0 bridgehead atoms. The van der Waals surface area contributed by atoms with Crippen molar-refractivity contribution in [2.75, 3.05) is 6.61 Å². The fourth-order valence-electron chi connectivity index (χ4n) is 2.66. The van der Waals surface area contributed by atoms with Crippen LogP contribution in [0.5, 0.6) is 0 Å². The molecule has 0 radical (unpaired) electrons. The number of Topliss-reactive ketones (excluding diaryl/α,β-unsaturated/α-hetero) is 4. The summed E-state index contributed by atoms with van der Waals surface area (Å²) in [5.41, 5.74) is -2.67. The van der Waals surface area contributed by atoms with Crippen molar-refractivity contribution in [1.29, 1.82) is 0 Å². The van der Waals surface area contributed by atoms with Crippen LogP contribution in [-0.2, 0) is 19.2 Å². The monoisotopic (exact) mass is 282 g/mol. The van der Waals surface area contributed by atoms with Crippen molar-refractivity contribution < 1.29 is 24.3 Å². The Hall–Kier alpha value is -1.36. The molecule has 5 heteroatoms. The SMILES string of the molecule is CC(CO)CC(=O)C1C(=O)C(C)(C)C(=O)C(C)(C)C1=O. The minimum Gasteiger partial charge on any atom is -0.396 e. The van der Waals surface area contributed by atoms with Crippen LogP contribution in [0.4, 0.5) is 0 Å². The van der Waals surface area contributed by atoms with E-state index in [-0.39, 0.29) is 18.9 Å². The molecule has 0 saturated heterocycles. The summed E-state index contributed by atoms with van der Waals surface area (Å²) in [4.78, 5) is 49.1. The van der Waals surface area contributed by atoms with E-state index in [2.05, 4.69) is 0 Å². The molecule has 0 spiro atoms. The molecule has 112 valence electrons. The highest BCUT2D eigenvalue weighted by Gasteiger charge is 2.59. The fraction of sp³-hybridized carbons (Fsp3) is 0.733. The van der Waals surface area contributed by atoms with Gasteiger partial charge in [0.15, 0.2) is 23.1 Å². The van der Waals surface area contributed by atoms with Crippen molar-refractivity contribution in [3.8, 4) is 0 Å². The molecule has 1 fully saturated rings. The Labute approximate surface area is 118 Å². The van der Waals surface area contributed by atoms with Gasteiger partial charge in [-0.1, -0.05) is 6.92 Å². The zero-order valence-corrected chi connectivity index (χ0v) is 12.6. The summed E-state index contributed by atoms with van der Waals surface area (Å²) in [5.74, 6) is -3.89. The summed E-state index contributed by atoms with van der Waals surface area (Å²) >= 11 is 0. The second kappa shape index (κ2) is 5.20. The van der Waals surface area contributed by atoms with Gasteiger partial charge in [0.05, 0.1) is 10.8 Å². The van der Waals surface area contributed by atoms with Gasteiger partial charge in [0.2, 0.25) is 0 Å². The van der Waals surface area contributed by atoms with Crippen molar-refractivity contribution in [3.63, 3.8) is 0 Å². The second-order valence-corrected chi connectivity index (χ2v) is 6.70. The molecule has 0 aliphatic heterocycles. The lowest BCUT2D eigenvalue weighted by atomic mass is 9.57. The zero-order chi connectivity index (χ0) is 15.9. The van der Waals surface area contributed by atoms with Gasteiger partial charge >= 0.3 is 0 Å². The van der Waals surface area contributed by atoms with Gasteiger partial charge in [-0.15, -0.1) is 0 Å². The van der Waals surface area contributed by atoms with Crippen molar-refractivity contribution in [3.05, 3.63) is 0 Å². The molecule has 0 amide bonds. The minimum absolute atomic E-state index is 0.0427. The van der Waals surface area contributed by atoms with Crippen LogP contribution in [0.3, 0.4) is 0 Å². The summed E-state index contributed by atoms with van der Waals surface area (Å²) in [5, 5.41) is 8.99. The zero-order valence-electron chi connectivity index (χ0n) is 12.6. The number of hydrogen-bond acceptors (Lipinski definition) is 5. The Morgan fingerprint density at radius 2 is 1.50 bits per heavy atom. The fourth-order valence-corrected chi connectivity index (χ4v) is 2.66. The van der Waals surface area contributed by atoms with Crippen molar-refractivity contribution in [2.24, 2.45) is 22.7 Å². The Bertz CT molecular complexity index is 443. The first-order chi connectivity index (χ1) is 8.97. The Morgan fingerprint density at radius 1 is 1.10 bits per heavy atom. The molecule has 0 aromatic rings. The average Bonchev–Trinajstić information content (AvgIpc) is 2.35. The van der Waals surface area contributed by atoms with Crippen molar-refractivity contribution in [2.45, 2.75) is 41.0 Å². The molecule has 0 aromatic heterocycles. The second-order valence-electron chi connectivity index (χ2n) is 6.70. The van der Waals surface area contributed by atoms with Gasteiger partial charge in [-0.3, -0.25) is 19.2 Å². The summed E-state index contributed by atoms with van der Waals surface area (Å²) in [6.45, 7) is 7.32. The van der Waals surface area contributed by atoms with Gasteiger partial charge in [-0.2, -0.15) is 0 Å². The highest BCUT2D eigenvalue weighted by atomic mass is 16.3. The van der Waals surface area contributed by atoms with E-state index in [9.17, 15) is 19.2 Å². The molecule has 0 aromatic carbocycles. The van der Waals surface area contributed by atoms with Crippen LogP contribution in [0.2, 0.25) is 0 Å². The van der Waals surface area contributed by atoms with E-state index >= 15 is 0 Å². The van der Waals surface area contributed by atoms with E-state index in [0.717, 1.165) is 0 Å². The number of carbonyl (C=O) groups excluding carboxylic acids is 4. The first-order valence-electron chi connectivity index (χ1n) is 6.75. The summed E-state index contributed by atoms with van der Waals surface area (Å²) in [7, 11) is 0. The third kappa shape index (κ3) is 2.46. The van der Waals surface area contributed by atoms with Crippen LogP contribution >= 0.6 is 0 Å². The van der Waals surface area contributed by atoms with Crippen LogP contribution in [0.15, 0.2) is 0 Å². The van der Waals surface area contributed by atoms with Crippen molar-refractivity contribution >= 4 is 23.1 Å². The Morgan fingerprint density at radius 3 is 1.85 bits per heavy atom. The Balaban J connectivity index is 3.19. The predicted molar refractivity (Wildman–Crippen MR) is 71.9 cm³/mol. The molecule has 0 heterocycles. The van der Waals surface area contributed by atoms with Crippen LogP contribution in [-0.4, -0.2) is 34.8 Å². The third-order valence-electron chi connectivity index (χ3n) is 4.07. The van der Waals surface area contributed by atoms with E-state index < -0.39 is 39.9 Å². The van der Waals surface area contributed by atoms with Gasteiger partial charge in [0.25, 0.3) is 0 Å². The standard InChI is InChI=1S/C15H22O5/c1-8(7-16)6-9(17)10-11(18)14(2,3)13(20)15(4,5)12(10)19/h8,10,16H,6-7H2,1-5H3. The highest BCUT2D eigenvalue weighted by Crippen LogP contribution is 2.41. The molecule has 1 rings (SSSR count). The lowest BCUT2D eigenvalue weighted by Gasteiger charge is -2.40. The van der Waals surface area contributed by atoms with Crippen LogP contribution in [0.25, 0.3) is 0 Å². The van der Waals surface area contributed by atoms with E-state index in [1.165, 1.54) is 27.7 Å². The van der Waals surface area contributed by atoms with E-state index in [4.69, 9.17) is 5.11 Å². The van der Waals surface area contributed by atoms with Crippen LogP contribution in [0.1, 0.15) is 41.0 Å². The molecule has 1 N–H and O–H groups in total. The van der Waals surface area contributed by atoms with E-state index in [0.29, 0.717) is 0 Å². The smallest absolute Gasteiger partial charge is 0.163 e. The van der Waals surface area contributed by atoms with Gasteiger partial charge in [-0.05, 0) is 33.6 Å². The molecule has 1 atom stereocenters. The minimum atomic E-state index is -1.38. The number of ketones is 4. The number of aliphatic hydroxyl groups excluding tert-OH is 1. The molecule has 1 aliphatic rings. The first kappa shape index (κ1) is 16.7. The number of carbonyl (C=O) groups is 4. The van der Waals surface area contributed by atoms with Gasteiger partial charge in [0, 0.05) is 13.0 Å². The summed E-state index contributed by atoms with van der Waals surface area (Å²) in [6.07, 6.45) is -0.0427. The quantitative estimate of drug-likeness (QED) is 0.776. The number of rotatable bonds is 4. The summed E-state index contributed by atoms with van der Waals surface area (Å²) < 4.78 is 0. The van der Waals surface area contributed by atoms with Gasteiger partial charge in [0.1, 0.15) is 5.92 Å². The average molecular weight is 282 g/mol. The summed E-state index contributed by atoms with van der Waals surface area (Å²) in [6, 6.07) is 0. The largest absolute Gasteiger partial charge is 0.396 e. The maximum absolute atomic E-state index is 12.3. The van der Waals surface area contributed by atoms with Crippen LogP contribution in [0, 0.1) is 22.7 Å². The highest BCUT2D eigenvalue weighted by molar-refractivity contribution is 6.35. The molecular weight excluding hydrogens is 260 g/mol. The third-order valence-corrected chi connectivity index (χ3v) is 4.07. The number of hydrogen-bond donors (Lipinski definition) is 1. The van der Waals surface area contributed by atoms with Gasteiger partial charge in [-0.25, -0.2) is 0 Å². The lowest BCUT2D eigenvalue weighted by Crippen LogP contribution is -2.59. The van der Waals surface area contributed by atoms with E-state index in [1.807, 2.05) is 0 Å². The Kier molecular flexibility index (Phi) is 4.34. The molecular formula is C15H22O5. The molecule has 1 unspecified atom stereocenters. The van der Waals surface area contributed by atoms with Crippen LogP contribution < -0.4 is 0 Å². The molecule has 5 nitrogen and oxygen atoms in total. The van der Waals surface area contributed by atoms with E-state index in [1.54, 1.807) is 6.92 Å².